The highest BCUT2D eigenvalue weighted by Crippen LogP contribution is 2.22. The number of aliphatic hydroxyl groups excluding tert-OH is 1. The molecule has 1 aromatic carbocycles. The number of carboxylic acids is 1. The van der Waals surface area contributed by atoms with Gasteiger partial charge in [-0.2, -0.15) is 0 Å². The topological polar surface area (TPSA) is 69.6 Å². The number of likely N-dealkylation sites (N-methyl/N-ethyl adjacent to an activating group) is 1. The van der Waals surface area contributed by atoms with E-state index in [1.165, 1.54) is 5.56 Å². The highest BCUT2D eigenvalue weighted by atomic mass is 16.4. The summed E-state index contributed by atoms with van der Waals surface area (Å²) in [5.74, 6) is -0.388. The zero-order valence-corrected chi connectivity index (χ0v) is 11.8. The molecule has 4 heteroatoms. The van der Waals surface area contributed by atoms with Crippen LogP contribution in [0.15, 0.2) is 24.3 Å². The van der Waals surface area contributed by atoms with Gasteiger partial charge in [0.05, 0.1) is 6.10 Å². The second-order valence-electron chi connectivity index (χ2n) is 5.09. The summed E-state index contributed by atoms with van der Waals surface area (Å²) >= 11 is 0. The van der Waals surface area contributed by atoms with Crippen LogP contribution in [0.2, 0.25) is 0 Å². The van der Waals surface area contributed by atoms with Crippen LogP contribution in [0, 0.1) is 0 Å². The van der Waals surface area contributed by atoms with Crippen molar-refractivity contribution in [1.82, 2.24) is 5.32 Å². The van der Waals surface area contributed by atoms with Crippen LogP contribution in [0.25, 0.3) is 0 Å². The average molecular weight is 265 g/mol. The highest BCUT2D eigenvalue weighted by Gasteiger charge is 2.20. The monoisotopic (exact) mass is 265 g/mol. The Kier molecular flexibility index (Phi) is 5.99. The lowest BCUT2D eigenvalue weighted by atomic mass is 9.95. The van der Waals surface area contributed by atoms with Crippen molar-refractivity contribution in [3.8, 4) is 0 Å². The lowest BCUT2D eigenvalue weighted by Crippen LogP contribution is -2.32. The molecular weight excluding hydrogens is 242 g/mol. The second-order valence-corrected chi connectivity index (χ2v) is 5.09. The first-order valence-corrected chi connectivity index (χ1v) is 6.62. The molecule has 0 amide bonds. The van der Waals surface area contributed by atoms with Crippen molar-refractivity contribution in [2.75, 3.05) is 7.05 Å². The number of aliphatic carboxylic acids is 1. The number of hydrogen-bond donors (Lipinski definition) is 3. The summed E-state index contributed by atoms with van der Waals surface area (Å²) in [6, 6.07) is 7.58. The molecule has 0 aromatic heterocycles. The van der Waals surface area contributed by atoms with Gasteiger partial charge in [-0.3, -0.25) is 4.79 Å². The van der Waals surface area contributed by atoms with Crippen molar-refractivity contribution in [2.24, 2.45) is 0 Å². The van der Waals surface area contributed by atoms with E-state index in [2.05, 4.69) is 19.2 Å². The third-order valence-electron chi connectivity index (χ3n) is 3.37. The molecule has 0 radical (unpaired) electrons. The molecule has 0 heterocycles. The van der Waals surface area contributed by atoms with Crippen LogP contribution in [-0.4, -0.2) is 29.3 Å². The molecule has 0 saturated carbocycles. The molecule has 106 valence electrons. The summed E-state index contributed by atoms with van der Waals surface area (Å²) in [5.41, 5.74) is 2.04. The Hall–Kier alpha value is -1.39. The van der Waals surface area contributed by atoms with Crippen LogP contribution >= 0.6 is 0 Å². The summed E-state index contributed by atoms with van der Waals surface area (Å²) in [7, 11) is 1.73. The normalized spacial score (nSPS) is 14.4. The quantitative estimate of drug-likeness (QED) is 0.707. The Morgan fingerprint density at radius 1 is 1.21 bits per heavy atom. The third-order valence-corrected chi connectivity index (χ3v) is 3.37. The van der Waals surface area contributed by atoms with Gasteiger partial charge in [-0.05, 0) is 30.5 Å². The first-order valence-electron chi connectivity index (χ1n) is 6.62. The lowest BCUT2D eigenvalue weighted by Gasteiger charge is -2.22. The van der Waals surface area contributed by atoms with E-state index in [0.29, 0.717) is 12.3 Å². The number of carboxylic acid groups (broad SMARTS) is 1. The first-order chi connectivity index (χ1) is 8.95. The van der Waals surface area contributed by atoms with Gasteiger partial charge in [0.2, 0.25) is 0 Å². The van der Waals surface area contributed by atoms with Gasteiger partial charge >= 0.3 is 5.97 Å². The fourth-order valence-electron chi connectivity index (χ4n) is 2.05. The van der Waals surface area contributed by atoms with Gasteiger partial charge in [-0.15, -0.1) is 0 Å². The molecule has 4 nitrogen and oxygen atoms in total. The second kappa shape index (κ2) is 7.26. The summed E-state index contributed by atoms with van der Waals surface area (Å²) in [6.07, 6.45) is -0.239. The predicted molar refractivity (Wildman–Crippen MR) is 75.2 cm³/mol. The Morgan fingerprint density at radius 3 is 2.16 bits per heavy atom. The molecule has 0 aliphatic heterocycles. The van der Waals surface area contributed by atoms with E-state index in [0.717, 1.165) is 5.56 Å². The van der Waals surface area contributed by atoms with Crippen molar-refractivity contribution >= 4 is 5.97 Å². The fraction of sp³-hybridized carbons (Fsp3) is 0.533. The molecule has 0 bridgehead atoms. The van der Waals surface area contributed by atoms with E-state index in [9.17, 15) is 9.90 Å². The minimum atomic E-state index is -0.845. The molecule has 0 fully saturated rings. The number of nitrogens with one attached hydrogen (secondary N) is 1. The SMILES string of the molecule is CNC(CCC(=O)O)C(O)c1ccc(C(C)C)cc1. The maximum absolute atomic E-state index is 10.6. The van der Waals surface area contributed by atoms with Crippen LogP contribution in [0.1, 0.15) is 49.8 Å². The maximum Gasteiger partial charge on any atom is 0.303 e. The van der Waals surface area contributed by atoms with E-state index in [-0.39, 0.29) is 12.5 Å². The minimum Gasteiger partial charge on any atom is -0.481 e. The number of rotatable bonds is 7. The van der Waals surface area contributed by atoms with Crippen molar-refractivity contribution in [3.63, 3.8) is 0 Å². The van der Waals surface area contributed by atoms with Gasteiger partial charge in [-0.1, -0.05) is 38.1 Å². The summed E-state index contributed by atoms with van der Waals surface area (Å²) < 4.78 is 0. The van der Waals surface area contributed by atoms with E-state index >= 15 is 0 Å². The smallest absolute Gasteiger partial charge is 0.303 e. The molecule has 0 aliphatic carbocycles. The van der Waals surface area contributed by atoms with Crippen LogP contribution in [0.5, 0.6) is 0 Å². The maximum atomic E-state index is 10.6. The third kappa shape index (κ3) is 4.65. The zero-order chi connectivity index (χ0) is 14.4. The van der Waals surface area contributed by atoms with Crippen LogP contribution in [-0.2, 0) is 4.79 Å². The molecule has 1 rings (SSSR count). The van der Waals surface area contributed by atoms with Crippen LogP contribution < -0.4 is 5.32 Å². The van der Waals surface area contributed by atoms with Crippen molar-refractivity contribution in [3.05, 3.63) is 35.4 Å². The Morgan fingerprint density at radius 2 is 1.74 bits per heavy atom. The molecule has 1 aromatic rings. The summed E-state index contributed by atoms with van der Waals surface area (Å²) in [4.78, 5) is 10.6. The van der Waals surface area contributed by atoms with Crippen molar-refractivity contribution in [2.45, 2.75) is 44.8 Å². The highest BCUT2D eigenvalue weighted by molar-refractivity contribution is 5.66. The molecule has 0 spiro atoms. The minimum absolute atomic E-state index is 0.0483. The van der Waals surface area contributed by atoms with Crippen LogP contribution in [0.4, 0.5) is 0 Å². The van der Waals surface area contributed by atoms with E-state index < -0.39 is 12.1 Å². The molecule has 2 atom stereocenters. The predicted octanol–water partition coefficient (Wildman–Crippen LogP) is 2.30. The summed E-state index contributed by atoms with van der Waals surface area (Å²) in [5, 5.41) is 21.9. The average Bonchev–Trinajstić information content (AvgIpc) is 2.39. The molecule has 3 N–H and O–H groups in total. The van der Waals surface area contributed by atoms with Gasteiger partial charge in [0.25, 0.3) is 0 Å². The van der Waals surface area contributed by atoms with Crippen molar-refractivity contribution < 1.29 is 15.0 Å². The first kappa shape index (κ1) is 15.7. The zero-order valence-electron chi connectivity index (χ0n) is 11.8. The van der Waals surface area contributed by atoms with E-state index in [1.807, 2.05) is 24.3 Å². The molecule has 19 heavy (non-hydrogen) atoms. The number of carbonyl (C=O) groups is 1. The van der Waals surface area contributed by atoms with Gasteiger partial charge < -0.3 is 15.5 Å². The molecule has 2 unspecified atom stereocenters. The molecule has 0 aliphatic rings. The van der Waals surface area contributed by atoms with Gasteiger partial charge in [0.1, 0.15) is 0 Å². The largest absolute Gasteiger partial charge is 0.481 e. The molecular formula is C15H23NO3. The Labute approximate surface area is 114 Å². The Balaban J connectivity index is 2.73. The van der Waals surface area contributed by atoms with Crippen LogP contribution in [0.3, 0.4) is 0 Å². The van der Waals surface area contributed by atoms with Crippen molar-refractivity contribution in [1.29, 1.82) is 0 Å². The molecule has 0 saturated heterocycles. The van der Waals surface area contributed by atoms with Gasteiger partial charge in [0, 0.05) is 12.5 Å². The van der Waals surface area contributed by atoms with Gasteiger partial charge in [0.15, 0.2) is 0 Å². The Bertz CT molecular complexity index is 400. The number of benzene rings is 1. The number of aliphatic hydroxyl groups is 1. The fourth-order valence-corrected chi connectivity index (χ4v) is 2.05. The van der Waals surface area contributed by atoms with E-state index in [1.54, 1.807) is 7.05 Å². The summed E-state index contributed by atoms with van der Waals surface area (Å²) in [6.45, 7) is 4.24. The lowest BCUT2D eigenvalue weighted by molar-refractivity contribution is -0.137. The van der Waals surface area contributed by atoms with Gasteiger partial charge in [-0.25, -0.2) is 0 Å². The standard InChI is InChI=1S/C15H23NO3/c1-10(2)11-4-6-12(7-5-11)15(19)13(16-3)8-9-14(17)18/h4-7,10,13,15-16,19H,8-9H2,1-3H3,(H,17,18). The number of hydrogen-bond acceptors (Lipinski definition) is 3. The van der Waals surface area contributed by atoms with E-state index in [4.69, 9.17) is 5.11 Å².